The lowest BCUT2D eigenvalue weighted by atomic mass is 10.0. The molecule has 2 aromatic rings. The molecule has 0 radical (unpaired) electrons. The summed E-state index contributed by atoms with van der Waals surface area (Å²) in [6.45, 7) is 5.69. The molecule has 1 aliphatic heterocycles. The van der Waals surface area contributed by atoms with Gasteiger partial charge in [-0.2, -0.15) is 4.98 Å². The molecule has 2 atom stereocenters. The zero-order chi connectivity index (χ0) is 22.3. The molecule has 2 aromatic heterocycles. The molecule has 0 aliphatic carbocycles. The summed E-state index contributed by atoms with van der Waals surface area (Å²) in [6, 6.07) is 1.80. The monoisotopic (exact) mass is 436 g/mol. The van der Waals surface area contributed by atoms with E-state index in [1.54, 1.807) is 12.3 Å². The number of rotatable bonds is 6. The van der Waals surface area contributed by atoms with Crippen LogP contribution in [0.1, 0.15) is 38.8 Å². The molecule has 162 valence electrons. The van der Waals surface area contributed by atoms with Crippen LogP contribution >= 0.6 is 11.6 Å². The van der Waals surface area contributed by atoms with Crippen LogP contribution in [0.5, 0.6) is 0 Å². The number of anilines is 1. The van der Waals surface area contributed by atoms with Crippen LogP contribution in [0.15, 0.2) is 24.4 Å². The van der Waals surface area contributed by atoms with Crippen LogP contribution in [0.2, 0.25) is 5.28 Å². The van der Waals surface area contributed by atoms with Gasteiger partial charge in [0.05, 0.1) is 18.6 Å². The lowest BCUT2D eigenvalue weighted by Gasteiger charge is -2.21. The zero-order valence-corrected chi connectivity index (χ0v) is 17.4. The van der Waals surface area contributed by atoms with E-state index in [1.807, 2.05) is 11.5 Å². The quantitative estimate of drug-likeness (QED) is 0.271. The van der Waals surface area contributed by atoms with Crippen molar-refractivity contribution in [3.8, 4) is 12.3 Å². The fourth-order valence-corrected chi connectivity index (χ4v) is 3.09. The Hall–Kier alpha value is -2.80. The van der Waals surface area contributed by atoms with E-state index in [0.717, 1.165) is 12.0 Å². The van der Waals surface area contributed by atoms with Crippen LogP contribution in [0.25, 0.3) is 11.0 Å². The van der Waals surface area contributed by atoms with Gasteiger partial charge in [-0.25, -0.2) is 9.78 Å². The van der Waals surface area contributed by atoms with Gasteiger partial charge in [0.15, 0.2) is 5.60 Å². The number of nitrogens with two attached hydrogens (primary N) is 1. The minimum Gasteiger partial charge on any atom is -0.450 e. The van der Waals surface area contributed by atoms with Crippen LogP contribution in [0.4, 0.5) is 10.6 Å². The molecule has 1 fully saturated rings. The number of aliphatic hydroxyl groups is 1. The molecule has 3 rings (SSSR count). The molecule has 0 spiro atoms. The summed E-state index contributed by atoms with van der Waals surface area (Å²) in [6.07, 6.45) is 8.49. The van der Waals surface area contributed by atoms with Gasteiger partial charge in [-0.3, -0.25) is 0 Å². The first-order valence-corrected chi connectivity index (χ1v) is 9.71. The van der Waals surface area contributed by atoms with Crippen LogP contribution in [-0.4, -0.2) is 49.7 Å². The summed E-state index contributed by atoms with van der Waals surface area (Å²) >= 11 is 5.84. The van der Waals surface area contributed by atoms with E-state index in [-0.39, 0.29) is 24.7 Å². The molecular formula is C20H25ClN4O5. The van der Waals surface area contributed by atoms with Gasteiger partial charge in [-0.1, -0.05) is 25.0 Å². The molecule has 1 aliphatic rings. The first-order valence-electron chi connectivity index (χ1n) is 9.33. The van der Waals surface area contributed by atoms with Crippen molar-refractivity contribution in [3.05, 3.63) is 29.7 Å². The lowest BCUT2D eigenvalue weighted by molar-refractivity contribution is -0.0615. The number of ether oxygens (including phenoxy) is 2. The number of aromatic nitrogens is 3. The Morgan fingerprint density at radius 2 is 2.33 bits per heavy atom. The average Bonchev–Trinajstić information content (AvgIpc) is 3.32. The molecule has 0 saturated carbocycles. The summed E-state index contributed by atoms with van der Waals surface area (Å²) in [5.74, 6) is 2.84. The second-order valence-electron chi connectivity index (χ2n) is 6.71. The number of halogens is 1. The molecule has 30 heavy (non-hydrogen) atoms. The number of fused-ring (bicyclic) bond motifs is 1. The van der Waals surface area contributed by atoms with Gasteiger partial charge in [0, 0.05) is 12.6 Å². The summed E-state index contributed by atoms with van der Waals surface area (Å²) in [5.41, 5.74) is 6.50. The molecule has 10 heteroatoms. The second kappa shape index (κ2) is 10.3. The van der Waals surface area contributed by atoms with E-state index in [2.05, 4.69) is 27.2 Å². The maximum atomic E-state index is 9.82. The normalized spacial score (nSPS) is 20.3. The van der Waals surface area contributed by atoms with Gasteiger partial charge < -0.3 is 30.0 Å². The predicted octanol–water partition coefficient (Wildman–Crippen LogP) is 3.38. The molecular weight excluding hydrogens is 412 g/mol. The van der Waals surface area contributed by atoms with Crippen molar-refractivity contribution in [1.29, 1.82) is 0 Å². The highest BCUT2D eigenvalue weighted by Gasteiger charge is 2.39. The molecule has 0 bridgehead atoms. The van der Waals surface area contributed by atoms with E-state index >= 15 is 0 Å². The van der Waals surface area contributed by atoms with Gasteiger partial charge >= 0.3 is 6.16 Å². The second-order valence-corrected chi connectivity index (χ2v) is 7.05. The minimum absolute atomic E-state index is 0.0818. The Morgan fingerprint density at radius 3 is 2.90 bits per heavy atom. The van der Waals surface area contributed by atoms with Crippen molar-refractivity contribution in [1.82, 2.24) is 14.5 Å². The third-order valence-corrected chi connectivity index (χ3v) is 4.91. The Morgan fingerprint density at radius 1 is 1.60 bits per heavy atom. The Labute approximate surface area is 179 Å². The molecule has 0 amide bonds. The van der Waals surface area contributed by atoms with Crippen molar-refractivity contribution < 1.29 is 24.5 Å². The van der Waals surface area contributed by atoms with Crippen LogP contribution in [0.3, 0.4) is 0 Å². The standard InChI is InChI=1S/C13H13ClN4O2.C7H12O3/c1-2-13(7-19)5-3-9(20-13)18-6-4-8-10(15)16-12(14)17-11(8)18;1-3-6(2)4-5-10-7(8)9/h1,4,6,9,19H,3,5,7H2,(H2,15,16,17);2-5H2,1H3,(H,8,9). The lowest BCUT2D eigenvalue weighted by Crippen LogP contribution is -2.31. The summed E-state index contributed by atoms with van der Waals surface area (Å²) in [4.78, 5) is 17.9. The molecule has 3 heterocycles. The Balaban J connectivity index is 0.000000274. The zero-order valence-electron chi connectivity index (χ0n) is 16.7. The Bertz CT molecular complexity index is 955. The van der Waals surface area contributed by atoms with Gasteiger partial charge in [0.25, 0.3) is 0 Å². The number of nitrogens with zero attached hydrogens (tertiary/aromatic N) is 3. The molecule has 2 unspecified atom stereocenters. The number of carboxylic acid groups (broad SMARTS) is 1. The minimum atomic E-state index is -1.22. The van der Waals surface area contributed by atoms with E-state index < -0.39 is 11.8 Å². The average molecular weight is 437 g/mol. The van der Waals surface area contributed by atoms with E-state index in [9.17, 15) is 9.90 Å². The fourth-order valence-electron chi connectivity index (χ4n) is 2.92. The predicted molar refractivity (Wildman–Crippen MR) is 113 cm³/mol. The van der Waals surface area contributed by atoms with Gasteiger partial charge in [-0.15, -0.1) is 6.42 Å². The molecule has 9 nitrogen and oxygen atoms in total. The topological polar surface area (TPSA) is 133 Å². The molecule has 0 aromatic carbocycles. The van der Waals surface area contributed by atoms with E-state index in [0.29, 0.717) is 36.1 Å². The maximum absolute atomic E-state index is 9.82. The maximum Gasteiger partial charge on any atom is 0.505 e. The SMILES string of the molecule is C#CC1(CO)CCC(n2ccc3c(N)nc(Cl)nc32)O1.C=C(CC)CCOC(=O)O. The number of terminal acetylenes is 1. The number of hydrogen-bond donors (Lipinski definition) is 3. The van der Waals surface area contributed by atoms with Gasteiger partial charge in [0.2, 0.25) is 5.28 Å². The Kier molecular flexibility index (Phi) is 8.06. The third-order valence-electron chi connectivity index (χ3n) is 4.74. The third kappa shape index (κ3) is 5.63. The smallest absolute Gasteiger partial charge is 0.450 e. The van der Waals surface area contributed by atoms with Crippen LogP contribution in [-0.2, 0) is 9.47 Å². The number of carbonyl (C=O) groups is 1. The highest BCUT2D eigenvalue weighted by molar-refractivity contribution is 6.28. The fraction of sp³-hybridized carbons (Fsp3) is 0.450. The number of hydrogen-bond acceptors (Lipinski definition) is 7. The van der Waals surface area contributed by atoms with Crippen molar-refractivity contribution in [2.24, 2.45) is 0 Å². The molecule has 4 N–H and O–H groups in total. The number of nitrogen functional groups attached to an aromatic ring is 1. The summed E-state index contributed by atoms with van der Waals surface area (Å²) in [5, 5.41) is 18.2. The summed E-state index contributed by atoms with van der Waals surface area (Å²) < 4.78 is 11.9. The van der Waals surface area contributed by atoms with E-state index in [4.69, 9.17) is 33.6 Å². The molecule has 1 saturated heterocycles. The van der Waals surface area contributed by atoms with E-state index in [1.165, 1.54) is 0 Å². The largest absolute Gasteiger partial charge is 0.505 e. The highest BCUT2D eigenvalue weighted by atomic mass is 35.5. The van der Waals surface area contributed by atoms with Crippen molar-refractivity contribution in [2.45, 2.75) is 44.4 Å². The summed E-state index contributed by atoms with van der Waals surface area (Å²) in [7, 11) is 0. The van der Waals surface area contributed by atoms with Crippen LogP contribution in [0, 0.1) is 12.3 Å². The van der Waals surface area contributed by atoms with Crippen LogP contribution < -0.4 is 5.73 Å². The van der Waals surface area contributed by atoms with Gasteiger partial charge in [0.1, 0.15) is 17.7 Å². The van der Waals surface area contributed by atoms with Gasteiger partial charge in [-0.05, 0) is 36.9 Å². The highest BCUT2D eigenvalue weighted by Crippen LogP contribution is 2.37. The van der Waals surface area contributed by atoms with Crippen molar-refractivity contribution >= 4 is 34.6 Å². The first-order chi connectivity index (χ1) is 14.2. The van der Waals surface area contributed by atoms with Crippen molar-refractivity contribution in [2.75, 3.05) is 18.9 Å². The first kappa shape index (κ1) is 23.5. The van der Waals surface area contributed by atoms with Crippen molar-refractivity contribution in [3.63, 3.8) is 0 Å². The number of aliphatic hydroxyl groups excluding tert-OH is 1.